The monoisotopic (exact) mass is 558 g/mol. The van der Waals surface area contributed by atoms with Crippen molar-refractivity contribution in [3.63, 3.8) is 0 Å². The fourth-order valence-corrected chi connectivity index (χ4v) is 7.53. The zero-order valence-corrected chi connectivity index (χ0v) is 24.0. The SMILES string of the molecule is CC(C)[C@H](C1CCNCC1)N1CC2(CCN(c3ncnnc3Oc3ccc(F)cc3-c3cncnc3C3CC3)C2)C1. The second-order valence-corrected chi connectivity index (χ2v) is 12.8. The zero-order valence-electron chi connectivity index (χ0n) is 24.0. The standard InChI is InChI=1S/C31H39FN8O/c1-20(2)28(22-7-10-33-11-8-22)40-16-31(17-40)9-12-39(15-31)29-30(38-37-19-36-29)41-26-6-5-23(32)13-24(26)25-14-34-18-35-27(25)21-3-4-21/h5-6,13-14,18-22,28,33H,3-4,7-12,15-17H2,1-2H3/t28-/m1/s1. The van der Waals surface area contributed by atoms with Crippen LogP contribution in [0.15, 0.2) is 37.1 Å². The molecule has 1 atom stereocenters. The van der Waals surface area contributed by atoms with Gasteiger partial charge in [0.15, 0.2) is 5.82 Å². The summed E-state index contributed by atoms with van der Waals surface area (Å²) in [4.78, 5) is 18.4. The summed E-state index contributed by atoms with van der Waals surface area (Å²) in [6.45, 7) is 11.1. The van der Waals surface area contributed by atoms with Crippen LogP contribution in [0.2, 0.25) is 0 Å². The molecule has 1 saturated carbocycles. The second-order valence-electron chi connectivity index (χ2n) is 12.8. The smallest absolute Gasteiger partial charge is 0.282 e. The molecule has 0 radical (unpaired) electrons. The number of piperidine rings is 1. The predicted octanol–water partition coefficient (Wildman–Crippen LogP) is 4.67. The van der Waals surface area contributed by atoms with Gasteiger partial charge in [-0.05, 0) is 75.2 Å². The second kappa shape index (κ2) is 10.9. The van der Waals surface area contributed by atoms with Gasteiger partial charge in [-0.15, -0.1) is 10.2 Å². The highest BCUT2D eigenvalue weighted by Gasteiger charge is 2.51. The molecule has 5 heterocycles. The van der Waals surface area contributed by atoms with Gasteiger partial charge in [-0.1, -0.05) is 13.8 Å². The van der Waals surface area contributed by atoms with Gasteiger partial charge in [0, 0.05) is 60.9 Å². The Morgan fingerprint density at radius 2 is 1.85 bits per heavy atom. The van der Waals surface area contributed by atoms with Crippen LogP contribution in [0.4, 0.5) is 10.2 Å². The van der Waals surface area contributed by atoms with E-state index in [9.17, 15) is 4.39 Å². The van der Waals surface area contributed by atoms with Crippen LogP contribution < -0.4 is 15.0 Å². The number of aromatic nitrogens is 5. The molecule has 4 fully saturated rings. The molecule has 1 N–H and O–H groups in total. The Hall–Kier alpha value is -3.24. The third kappa shape index (κ3) is 5.28. The molecule has 3 aromatic rings. The van der Waals surface area contributed by atoms with E-state index in [4.69, 9.17) is 4.74 Å². The van der Waals surface area contributed by atoms with Crippen molar-refractivity contribution in [3.8, 4) is 22.8 Å². The summed E-state index contributed by atoms with van der Waals surface area (Å²) < 4.78 is 20.9. The summed E-state index contributed by atoms with van der Waals surface area (Å²) in [6, 6.07) is 5.19. The maximum atomic E-state index is 14.5. The van der Waals surface area contributed by atoms with E-state index in [1.807, 2.05) is 0 Å². The Morgan fingerprint density at radius 1 is 1.02 bits per heavy atom. The van der Waals surface area contributed by atoms with Crippen molar-refractivity contribution in [1.82, 2.24) is 35.4 Å². The molecule has 0 bridgehead atoms. The topological polar surface area (TPSA) is 92.2 Å². The number of nitrogens with one attached hydrogen (secondary N) is 1. The maximum absolute atomic E-state index is 14.5. The van der Waals surface area contributed by atoms with Crippen LogP contribution in [0.3, 0.4) is 0 Å². The van der Waals surface area contributed by atoms with Crippen molar-refractivity contribution in [1.29, 1.82) is 0 Å². The Bertz CT molecular complexity index is 1390. The van der Waals surface area contributed by atoms with Crippen molar-refractivity contribution < 1.29 is 9.13 Å². The third-order valence-corrected chi connectivity index (χ3v) is 9.50. The molecule has 0 amide bonds. The van der Waals surface area contributed by atoms with Crippen LogP contribution in [-0.2, 0) is 0 Å². The van der Waals surface area contributed by atoms with Crippen LogP contribution in [0.25, 0.3) is 11.1 Å². The summed E-state index contributed by atoms with van der Waals surface area (Å²) in [5.74, 6) is 3.00. The van der Waals surface area contributed by atoms with Gasteiger partial charge in [-0.2, -0.15) is 0 Å². The molecule has 3 aliphatic heterocycles. The number of nitrogens with zero attached hydrogens (tertiary/aromatic N) is 7. The quantitative estimate of drug-likeness (QED) is 0.423. The first-order valence-electron chi connectivity index (χ1n) is 15.1. The van der Waals surface area contributed by atoms with E-state index in [-0.39, 0.29) is 11.2 Å². The van der Waals surface area contributed by atoms with Crippen molar-refractivity contribution in [2.24, 2.45) is 17.3 Å². The van der Waals surface area contributed by atoms with E-state index >= 15 is 0 Å². The first-order valence-corrected chi connectivity index (χ1v) is 15.1. The predicted molar refractivity (Wildman–Crippen MR) is 154 cm³/mol. The van der Waals surface area contributed by atoms with Gasteiger partial charge in [0.1, 0.15) is 24.2 Å². The number of hydrogen-bond acceptors (Lipinski definition) is 9. The van der Waals surface area contributed by atoms with E-state index in [1.54, 1.807) is 18.6 Å². The lowest BCUT2D eigenvalue weighted by Crippen LogP contribution is -2.64. The molecule has 1 aliphatic carbocycles. The zero-order chi connectivity index (χ0) is 28.0. The summed E-state index contributed by atoms with van der Waals surface area (Å²) >= 11 is 0. The van der Waals surface area contributed by atoms with E-state index in [2.05, 4.69) is 54.1 Å². The van der Waals surface area contributed by atoms with Gasteiger partial charge >= 0.3 is 0 Å². The minimum Gasteiger partial charge on any atom is -0.434 e. The molecule has 0 unspecified atom stereocenters. The van der Waals surface area contributed by atoms with Crippen molar-refractivity contribution in [2.75, 3.05) is 44.2 Å². The van der Waals surface area contributed by atoms with Gasteiger partial charge < -0.3 is 15.0 Å². The highest BCUT2D eigenvalue weighted by atomic mass is 19.1. The molecule has 1 aromatic carbocycles. The lowest BCUT2D eigenvalue weighted by molar-refractivity contribution is -0.0554. The Balaban J connectivity index is 1.10. The molecule has 3 saturated heterocycles. The Labute approximate surface area is 241 Å². The maximum Gasteiger partial charge on any atom is 0.282 e. The largest absolute Gasteiger partial charge is 0.434 e. The van der Waals surface area contributed by atoms with Crippen LogP contribution in [-0.4, -0.2) is 75.4 Å². The summed E-state index contributed by atoms with van der Waals surface area (Å²) in [5, 5.41) is 11.9. The summed E-state index contributed by atoms with van der Waals surface area (Å²) in [6.07, 6.45) is 10.6. The van der Waals surface area contributed by atoms with Gasteiger partial charge in [-0.3, -0.25) is 4.90 Å². The highest BCUT2D eigenvalue weighted by Crippen LogP contribution is 2.47. The molecule has 7 rings (SSSR count). The van der Waals surface area contributed by atoms with Gasteiger partial charge in [0.05, 0.1) is 5.69 Å². The summed E-state index contributed by atoms with van der Waals surface area (Å²) in [5.41, 5.74) is 2.62. The number of rotatable bonds is 8. The van der Waals surface area contributed by atoms with E-state index in [0.717, 1.165) is 75.7 Å². The van der Waals surface area contributed by atoms with Crippen LogP contribution >= 0.6 is 0 Å². The van der Waals surface area contributed by atoms with Gasteiger partial charge in [0.2, 0.25) is 0 Å². The van der Waals surface area contributed by atoms with Gasteiger partial charge in [-0.25, -0.2) is 19.3 Å². The van der Waals surface area contributed by atoms with Crippen molar-refractivity contribution in [3.05, 3.63) is 48.6 Å². The van der Waals surface area contributed by atoms with Crippen LogP contribution in [0.1, 0.15) is 57.6 Å². The van der Waals surface area contributed by atoms with E-state index in [1.165, 1.54) is 31.3 Å². The molecular formula is C31H39FN8O. The number of benzene rings is 1. The number of likely N-dealkylation sites (tertiary alicyclic amines) is 1. The van der Waals surface area contributed by atoms with Crippen molar-refractivity contribution in [2.45, 2.75) is 57.9 Å². The molecule has 41 heavy (non-hydrogen) atoms. The van der Waals surface area contributed by atoms with Crippen molar-refractivity contribution >= 4 is 5.82 Å². The molecule has 10 heteroatoms. The van der Waals surface area contributed by atoms with E-state index < -0.39 is 0 Å². The third-order valence-electron chi connectivity index (χ3n) is 9.50. The normalized spacial score (nSPS) is 21.8. The summed E-state index contributed by atoms with van der Waals surface area (Å²) in [7, 11) is 0. The van der Waals surface area contributed by atoms with Gasteiger partial charge in [0.25, 0.3) is 5.88 Å². The van der Waals surface area contributed by atoms with Crippen LogP contribution in [0, 0.1) is 23.1 Å². The average molecular weight is 559 g/mol. The molecule has 2 aromatic heterocycles. The highest BCUT2D eigenvalue weighted by molar-refractivity contribution is 5.73. The average Bonchev–Trinajstić information content (AvgIpc) is 3.73. The minimum atomic E-state index is -0.337. The Morgan fingerprint density at radius 3 is 2.63 bits per heavy atom. The number of anilines is 1. The molecule has 9 nitrogen and oxygen atoms in total. The first-order chi connectivity index (χ1) is 20.0. The molecule has 216 valence electrons. The molecule has 4 aliphatic rings. The lowest BCUT2D eigenvalue weighted by Gasteiger charge is -2.55. The van der Waals surface area contributed by atoms with E-state index in [0.29, 0.717) is 40.9 Å². The number of halogens is 1. The lowest BCUT2D eigenvalue weighted by atomic mass is 9.73. The first kappa shape index (κ1) is 26.6. The number of hydrogen-bond donors (Lipinski definition) is 1. The Kier molecular flexibility index (Phi) is 7.06. The minimum absolute atomic E-state index is 0.268. The molecule has 1 spiro atoms. The van der Waals surface area contributed by atoms with Crippen LogP contribution in [0.5, 0.6) is 11.6 Å². The fourth-order valence-electron chi connectivity index (χ4n) is 7.53. The fraction of sp³-hybridized carbons (Fsp3) is 0.581. The number of ether oxygens (including phenoxy) is 1. The molecular weight excluding hydrogens is 519 g/mol.